The van der Waals surface area contributed by atoms with Crippen LogP contribution in [0.25, 0.3) is 0 Å². The first kappa shape index (κ1) is 22.5. The van der Waals surface area contributed by atoms with E-state index in [2.05, 4.69) is 25.2 Å². The Labute approximate surface area is 179 Å². The Hall–Kier alpha value is -1.14. The maximum Gasteiger partial charge on any atom is 0.244 e. The van der Waals surface area contributed by atoms with Gasteiger partial charge >= 0.3 is 0 Å². The molecule has 0 aromatic rings. The fourth-order valence-corrected chi connectivity index (χ4v) is 4.71. The minimum atomic E-state index is -0.767. The van der Waals surface area contributed by atoms with Crippen molar-refractivity contribution in [3.8, 4) is 0 Å². The van der Waals surface area contributed by atoms with Crippen LogP contribution in [0.1, 0.15) is 59.3 Å². The van der Waals surface area contributed by atoms with Crippen LogP contribution in [0.3, 0.4) is 0 Å². The molecule has 6 unspecified atom stereocenters. The van der Waals surface area contributed by atoms with Crippen molar-refractivity contribution in [3.05, 3.63) is 34.9 Å². The highest BCUT2D eigenvalue weighted by Gasteiger charge is 2.63. The van der Waals surface area contributed by atoms with Crippen molar-refractivity contribution in [2.75, 3.05) is 6.61 Å². The van der Waals surface area contributed by atoms with Gasteiger partial charge in [0.1, 0.15) is 23.9 Å². The Morgan fingerprint density at radius 2 is 2.21 bits per heavy atom. The maximum absolute atomic E-state index is 12.3. The highest BCUT2D eigenvalue weighted by molar-refractivity contribution is 6.30. The first-order valence-corrected chi connectivity index (χ1v) is 11.2. The molecule has 2 N–H and O–H groups in total. The number of allylic oxidation sites excluding steroid dienone is 3. The second-order valence-corrected chi connectivity index (χ2v) is 9.18. The number of hydrogen-bond donors (Lipinski definition) is 2. The molecule has 0 saturated carbocycles. The smallest absolute Gasteiger partial charge is 0.244 e. The topological polar surface area (TPSA) is 71.1 Å². The van der Waals surface area contributed by atoms with E-state index in [-0.39, 0.29) is 24.2 Å². The first-order chi connectivity index (χ1) is 13.8. The van der Waals surface area contributed by atoms with Crippen LogP contribution in [0.2, 0.25) is 0 Å². The van der Waals surface area contributed by atoms with Gasteiger partial charge in [0.25, 0.3) is 0 Å². The summed E-state index contributed by atoms with van der Waals surface area (Å²) in [6, 6.07) is -0.102. The SMILES string of the molecule is CCCCCCC(C)C=C(C)C=CC(=O)NC1COC2(C=C(Cl)C(O)C3OC32)C1. The van der Waals surface area contributed by atoms with E-state index >= 15 is 0 Å². The molecule has 2 fully saturated rings. The average molecular weight is 424 g/mol. The molecule has 3 rings (SSSR count). The molecule has 0 radical (unpaired) electrons. The fourth-order valence-electron chi connectivity index (χ4n) is 4.40. The number of ether oxygens (including phenoxy) is 2. The molecule has 5 nitrogen and oxygen atoms in total. The van der Waals surface area contributed by atoms with Gasteiger partial charge in [-0.05, 0) is 25.3 Å². The monoisotopic (exact) mass is 423 g/mol. The number of fused-ring (bicyclic) bond motifs is 2. The fraction of sp³-hybridized carbons (Fsp3) is 0.696. The highest BCUT2D eigenvalue weighted by atomic mass is 35.5. The lowest BCUT2D eigenvalue weighted by Crippen LogP contribution is -2.42. The van der Waals surface area contributed by atoms with Gasteiger partial charge in [0.15, 0.2) is 0 Å². The third kappa shape index (κ3) is 5.72. The summed E-state index contributed by atoms with van der Waals surface area (Å²) < 4.78 is 11.5. The molecular weight excluding hydrogens is 390 g/mol. The summed E-state index contributed by atoms with van der Waals surface area (Å²) in [5.74, 6) is 0.394. The summed E-state index contributed by atoms with van der Waals surface area (Å²) in [4.78, 5) is 12.3. The Kier molecular flexibility index (Phi) is 7.60. The number of halogens is 1. The van der Waals surface area contributed by atoms with Crippen LogP contribution in [-0.4, -0.2) is 47.6 Å². The van der Waals surface area contributed by atoms with Gasteiger partial charge in [0, 0.05) is 17.5 Å². The van der Waals surface area contributed by atoms with Crippen LogP contribution in [0.15, 0.2) is 34.9 Å². The number of nitrogens with one attached hydrogen (secondary N) is 1. The Morgan fingerprint density at radius 1 is 1.41 bits per heavy atom. The standard InChI is InChI=1S/C23H34ClNO4/c1-4-5-6-7-8-15(2)11-16(3)9-10-19(26)25-17-12-23(28-14-17)13-18(24)20(27)21-22(23)29-21/h9-11,13,15,17,20-22,27H,4-8,12,14H2,1-3H3,(H,25,26). The van der Waals surface area contributed by atoms with Crippen LogP contribution in [-0.2, 0) is 14.3 Å². The zero-order valence-corrected chi connectivity index (χ0v) is 18.5. The van der Waals surface area contributed by atoms with Gasteiger partial charge in [-0.3, -0.25) is 4.79 Å². The molecule has 29 heavy (non-hydrogen) atoms. The van der Waals surface area contributed by atoms with Gasteiger partial charge < -0.3 is 19.9 Å². The van der Waals surface area contributed by atoms with E-state index in [4.69, 9.17) is 21.1 Å². The largest absolute Gasteiger partial charge is 0.385 e. The number of rotatable bonds is 9. The quantitative estimate of drug-likeness (QED) is 0.254. The van der Waals surface area contributed by atoms with Gasteiger partial charge in [0.2, 0.25) is 5.91 Å². The van der Waals surface area contributed by atoms with Crippen LogP contribution in [0.4, 0.5) is 0 Å². The Morgan fingerprint density at radius 3 is 2.97 bits per heavy atom. The van der Waals surface area contributed by atoms with E-state index in [0.717, 1.165) is 5.57 Å². The maximum atomic E-state index is 12.3. The molecule has 6 atom stereocenters. The predicted octanol–water partition coefficient (Wildman–Crippen LogP) is 4.00. The van der Waals surface area contributed by atoms with Crippen LogP contribution in [0, 0.1) is 5.92 Å². The van der Waals surface area contributed by atoms with E-state index < -0.39 is 11.7 Å². The van der Waals surface area contributed by atoms with E-state index in [1.807, 2.05) is 13.0 Å². The van der Waals surface area contributed by atoms with Gasteiger partial charge in [-0.2, -0.15) is 0 Å². The summed E-state index contributed by atoms with van der Waals surface area (Å²) in [7, 11) is 0. The van der Waals surface area contributed by atoms with E-state index in [1.54, 1.807) is 12.2 Å². The van der Waals surface area contributed by atoms with Crippen molar-refractivity contribution < 1.29 is 19.4 Å². The number of epoxide rings is 1. The zero-order chi connectivity index (χ0) is 21.0. The summed E-state index contributed by atoms with van der Waals surface area (Å²) in [6.07, 6.45) is 13.1. The molecule has 3 aliphatic rings. The Bertz CT molecular complexity index is 688. The number of aliphatic hydroxyl groups excluding tert-OH is 1. The summed E-state index contributed by atoms with van der Waals surface area (Å²) in [5.41, 5.74) is 0.471. The normalized spacial score (nSPS) is 34.9. The number of hydrogen-bond acceptors (Lipinski definition) is 4. The molecule has 6 heteroatoms. The molecular formula is C23H34ClNO4. The first-order valence-electron chi connectivity index (χ1n) is 10.9. The molecule has 2 aliphatic heterocycles. The van der Waals surface area contributed by atoms with E-state index in [9.17, 15) is 9.90 Å². The molecule has 162 valence electrons. The molecule has 0 aromatic heterocycles. The van der Waals surface area contributed by atoms with Crippen LogP contribution < -0.4 is 5.32 Å². The second kappa shape index (κ2) is 9.78. The molecule has 0 bridgehead atoms. The predicted molar refractivity (Wildman–Crippen MR) is 115 cm³/mol. The number of amides is 1. The Balaban J connectivity index is 1.45. The second-order valence-electron chi connectivity index (χ2n) is 8.74. The van der Waals surface area contributed by atoms with Gasteiger partial charge in [-0.1, -0.05) is 68.9 Å². The molecule has 2 heterocycles. The molecule has 1 spiro atoms. The van der Waals surface area contributed by atoms with Crippen LogP contribution >= 0.6 is 11.6 Å². The minimum absolute atomic E-state index is 0.102. The molecule has 1 aliphatic carbocycles. The third-order valence-electron chi connectivity index (χ3n) is 6.01. The minimum Gasteiger partial charge on any atom is -0.385 e. The number of carbonyl (C=O) groups is 1. The third-order valence-corrected chi connectivity index (χ3v) is 6.34. The zero-order valence-electron chi connectivity index (χ0n) is 17.7. The van der Waals surface area contributed by atoms with Crippen LogP contribution in [0.5, 0.6) is 0 Å². The van der Waals surface area contributed by atoms with Crippen molar-refractivity contribution in [1.82, 2.24) is 5.32 Å². The molecule has 1 amide bonds. The highest BCUT2D eigenvalue weighted by Crippen LogP contribution is 2.49. The van der Waals surface area contributed by atoms with Crippen molar-refractivity contribution in [3.63, 3.8) is 0 Å². The summed E-state index contributed by atoms with van der Waals surface area (Å²) in [6.45, 7) is 6.89. The average Bonchev–Trinajstić information content (AvgIpc) is 3.40. The van der Waals surface area contributed by atoms with Gasteiger partial charge in [0.05, 0.1) is 12.6 Å². The number of aliphatic hydroxyl groups is 1. The van der Waals surface area contributed by atoms with E-state index in [1.165, 1.54) is 32.1 Å². The van der Waals surface area contributed by atoms with Gasteiger partial charge in [-0.25, -0.2) is 0 Å². The lowest BCUT2D eigenvalue weighted by Gasteiger charge is -2.27. The molecule has 2 saturated heterocycles. The lowest BCUT2D eigenvalue weighted by atomic mass is 9.86. The van der Waals surface area contributed by atoms with Gasteiger partial charge in [-0.15, -0.1) is 0 Å². The van der Waals surface area contributed by atoms with Crippen molar-refractivity contribution in [2.45, 2.75) is 89.3 Å². The summed E-state index contributed by atoms with van der Waals surface area (Å²) in [5, 5.41) is 13.3. The van der Waals surface area contributed by atoms with Crippen molar-refractivity contribution in [1.29, 1.82) is 0 Å². The number of unbranched alkanes of at least 4 members (excludes halogenated alkanes) is 3. The summed E-state index contributed by atoms with van der Waals surface area (Å²) >= 11 is 6.13. The van der Waals surface area contributed by atoms with Crippen molar-refractivity contribution in [2.24, 2.45) is 5.92 Å². The molecule has 0 aromatic carbocycles. The number of carbonyl (C=O) groups excluding carboxylic acids is 1. The lowest BCUT2D eigenvalue weighted by molar-refractivity contribution is -0.117. The van der Waals surface area contributed by atoms with E-state index in [0.29, 0.717) is 24.0 Å². The van der Waals surface area contributed by atoms with Crippen molar-refractivity contribution >= 4 is 17.5 Å².